The molecule has 0 atom stereocenters. The van der Waals surface area contributed by atoms with Crippen LogP contribution in [0.5, 0.6) is 0 Å². The van der Waals surface area contributed by atoms with Crippen molar-refractivity contribution >= 4 is 17.2 Å². The molecule has 3 heteroatoms. The van der Waals surface area contributed by atoms with E-state index in [4.69, 9.17) is 0 Å². The van der Waals surface area contributed by atoms with Crippen LogP contribution >= 0.6 is 11.3 Å². The van der Waals surface area contributed by atoms with Gasteiger partial charge in [-0.2, -0.15) is 0 Å². The summed E-state index contributed by atoms with van der Waals surface area (Å²) in [4.78, 5) is 14.7. The molecule has 0 saturated heterocycles. The number of aryl methyl sites for hydroxylation is 2. The Labute approximate surface area is 119 Å². The summed E-state index contributed by atoms with van der Waals surface area (Å²) in [7, 11) is 0. The molecule has 0 spiro atoms. The lowest BCUT2D eigenvalue weighted by molar-refractivity contribution is 0.0927. The zero-order valence-corrected chi connectivity index (χ0v) is 12.5. The van der Waals surface area contributed by atoms with E-state index in [2.05, 4.69) is 18.3 Å². The second-order valence-corrected chi connectivity index (χ2v) is 7.33. The van der Waals surface area contributed by atoms with Gasteiger partial charge in [-0.25, -0.2) is 0 Å². The molecule has 1 fully saturated rings. The Morgan fingerprint density at radius 1 is 1.21 bits per heavy atom. The summed E-state index contributed by atoms with van der Waals surface area (Å²) in [6, 6.07) is 2.54. The second-order valence-electron chi connectivity index (χ2n) is 6.20. The summed E-state index contributed by atoms with van der Waals surface area (Å²) in [5.41, 5.74) is 1.43. The summed E-state index contributed by atoms with van der Waals surface area (Å²) in [6.07, 6.45) is 9.72. The summed E-state index contributed by atoms with van der Waals surface area (Å²) in [6.45, 7) is 2.31. The molecule has 1 aromatic rings. The topological polar surface area (TPSA) is 29.1 Å². The highest BCUT2D eigenvalue weighted by Crippen LogP contribution is 2.30. The minimum atomic E-state index is 0.166. The number of carbonyl (C=O) groups excluding carboxylic acids is 1. The molecule has 0 unspecified atom stereocenters. The summed E-state index contributed by atoms with van der Waals surface area (Å²) in [5.74, 6) is 1.00. The monoisotopic (exact) mass is 277 g/mol. The van der Waals surface area contributed by atoms with Crippen LogP contribution < -0.4 is 5.32 Å². The number of hydrogen-bond acceptors (Lipinski definition) is 2. The zero-order chi connectivity index (χ0) is 13.2. The van der Waals surface area contributed by atoms with E-state index in [9.17, 15) is 4.79 Å². The van der Waals surface area contributed by atoms with E-state index < -0.39 is 0 Å². The molecule has 2 nitrogen and oxygen atoms in total. The van der Waals surface area contributed by atoms with Gasteiger partial charge in [-0.05, 0) is 68.9 Å². The summed E-state index contributed by atoms with van der Waals surface area (Å²) in [5, 5.41) is 3.24. The van der Waals surface area contributed by atoms with Gasteiger partial charge in [-0.15, -0.1) is 11.3 Å². The fourth-order valence-electron chi connectivity index (χ4n) is 3.26. The number of rotatable bonds is 2. The van der Waals surface area contributed by atoms with Crippen LogP contribution in [-0.2, 0) is 12.8 Å². The lowest BCUT2D eigenvalue weighted by Crippen LogP contribution is -2.36. The van der Waals surface area contributed by atoms with E-state index in [1.807, 2.05) is 0 Å². The van der Waals surface area contributed by atoms with Gasteiger partial charge in [0.2, 0.25) is 0 Å². The molecule has 19 heavy (non-hydrogen) atoms. The molecule has 2 aliphatic rings. The first-order valence-electron chi connectivity index (χ1n) is 7.65. The molecule has 0 bridgehead atoms. The highest BCUT2D eigenvalue weighted by Gasteiger charge is 2.22. The maximum absolute atomic E-state index is 12.3. The fraction of sp³-hybridized carbons (Fsp3) is 0.688. The van der Waals surface area contributed by atoms with Crippen molar-refractivity contribution in [3.8, 4) is 0 Å². The van der Waals surface area contributed by atoms with Gasteiger partial charge in [0, 0.05) is 10.9 Å². The van der Waals surface area contributed by atoms with Gasteiger partial charge < -0.3 is 5.32 Å². The summed E-state index contributed by atoms with van der Waals surface area (Å²) >= 11 is 1.72. The van der Waals surface area contributed by atoms with Gasteiger partial charge >= 0.3 is 0 Å². The van der Waals surface area contributed by atoms with Gasteiger partial charge in [-0.1, -0.05) is 6.92 Å². The summed E-state index contributed by atoms with van der Waals surface area (Å²) < 4.78 is 0. The Kier molecular flexibility index (Phi) is 3.92. The molecule has 1 heterocycles. The van der Waals surface area contributed by atoms with Crippen LogP contribution in [0.15, 0.2) is 6.07 Å². The third-order valence-electron chi connectivity index (χ3n) is 4.57. The van der Waals surface area contributed by atoms with Gasteiger partial charge in [0.05, 0.1) is 4.88 Å². The molecule has 0 aliphatic heterocycles. The Morgan fingerprint density at radius 3 is 2.68 bits per heavy atom. The van der Waals surface area contributed by atoms with Crippen LogP contribution in [0.1, 0.15) is 65.6 Å². The minimum absolute atomic E-state index is 0.166. The third-order valence-corrected chi connectivity index (χ3v) is 5.81. The molecule has 1 N–H and O–H groups in total. The van der Waals surface area contributed by atoms with Crippen molar-refractivity contribution in [2.24, 2.45) is 5.92 Å². The van der Waals surface area contributed by atoms with E-state index >= 15 is 0 Å². The normalized spacial score (nSPS) is 26.8. The predicted molar refractivity (Wildman–Crippen MR) is 79.8 cm³/mol. The minimum Gasteiger partial charge on any atom is -0.349 e. The predicted octanol–water partition coefficient (Wildman–Crippen LogP) is 3.94. The Balaban J connectivity index is 1.62. The highest BCUT2D eigenvalue weighted by molar-refractivity contribution is 7.14. The number of hydrogen-bond donors (Lipinski definition) is 1. The molecule has 3 rings (SSSR count). The van der Waals surface area contributed by atoms with Crippen LogP contribution in [0.4, 0.5) is 0 Å². The molecule has 1 aromatic heterocycles. The van der Waals surface area contributed by atoms with Crippen LogP contribution in [0.2, 0.25) is 0 Å². The first-order valence-corrected chi connectivity index (χ1v) is 8.46. The van der Waals surface area contributed by atoms with E-state index in [-0.39, 0.29) is 5.91 Å². The Hall–Kier alpha value is -0.830. The second kappa shape index (κ2) is 5.66. The maximum Gasteiger partial charge on any atom is 0.261 e. The van der Waals surface area contributed by atoms with Crippen molar-refractivity contribution in [1.82, 2.24) is 5.32 Å². The van der Waals surface area contributed by atoms with Crippen LogP contribution in [0, 0.1) is 5.92 Å². The lowest BCUT2D eigenvalue weighted by atomic mass is 9.87. The molecule has 1 amide bonds. The van der Waals surface area contributed by atoms with Crippen LogP contribution in [-0.4, -0.2) is 11.9 Å². The first-order chi connectivity index (χ1) is 9.22. The van der Waals surface area contributed by atoms with Gasteiger partial charge in [0.25, 0.3) is 5.91 Å². The lowest BCUT2D eigenvalue weighted by Gasteiger charge is -2.26. The fourth-order valence-corrected chi connectivity index (χ4v) is 4.42. The van der Waals surface area contributed by atoms with E-state index in [0.717, 1.165) is 23.6 Å². The SMILES string of the molecule is CC1CCC(NC(=O)c2cc3c(s2)CCCC3)CC1. The molecular formula is C16H23NOS. The number of fused-ring (bicyclic) bond motifs is 1. The smallest absolute Gasteiger partial charge is 0.261 e. The van der Waals surface area contributed by atoms with Crippen molar-refractivity contribution in [2.45, 2.75) is 64.3 Å². The molecule has 1 saturated carbocycles. The van der Waals surface area contributed by atoms with Crippen LogP contribution in [0.25, 0.3) is 0 Å². The number of nitrogens with one attached hydrogen (secondary N) is 1. The molecular weight excluding hydrogens is 254 g/mol. The number of amides is 1. The van der Waals surface area contributed by atoms with Crippen molar-refractivity contribution < 1.29 is 4.79 Å². The van der Waals surface area contributed by atoms with E-state index in [1.165, 1.54) is 49.0 Å². The van der Waals surface area contributed by atoms with E-state index in [1.54, 1.807) is 11.3 Å². The Bertz CT molecular complexity index is 434. The number of thiophene rings is 1. The first kappa shape index (κ1) is 13.2. The Morgan fingerprint density at radius 2 is 1.95 bits per heavy atom. The standard InChI is InChI=1S/C16H23NOS/c1-11-6-8-13(9-7-11)17-16(18)15-10-12-4-2-3-5-14(12)19-15/h10-11,13H,2-9H2,1H3,(H,17,18). The molecule has 0 radical (unpaired) electrons. The van der Waals surface area contributed by atoms with Gasteiger partial charge in [0.1, 0.15) is 0 Å². The van der Waals surface area contributed by atoms with Crippen LogP contribution in [0.3, 0.4) is 0 Å². The zero-order valence-electron chi connectivity index (χ0n) is 11.7. The quantitative estimate of drug-likeness (QED) is 0.871. The maximum atomic E-state index is 12.3. The van der Waals surface area contributed by atoms with Crippen molar-refractivity contribution in [1.29, 1.82) is 0 Å². The third kappa shape index (κ3) is 3.02. The molecule has 0 aromatic carbocycles. The largest absolute Gasteiger partial charge is 0.349 e. The number of carbonyl (C=O) groups is 1. The highest BCUT2D eigenvalue weighted by atomic mass is 32.1. The molecule has 104 valence electrons. The van der Waals surface area contributed by atoms with Gasteiger partial charge in [-0.3, -0.25) is 4.79 Å². The van der Waals surface area contributed by atoms with Gasteiger partial charge in [0.15, 0.2) is 0 Å². The average molecular weight is 277 g/mol. The van der Waals surface area contributed by atoms with Crippen molar-refractivity contribution in [2.75, 3.05) is 0 Å². The molecule has 2 aliphatic carbocycles. The van der Waals surface area contributed by atoms with E-state index in [0.29, 0.717) is 6.04 Å². The average Bonchev–Trinajstić information content (AvgIpc) is 2.85. The van der Waals surface area contributed by atoms with Crippen molar-refractivity contribution in [3.05, 3.63) is 21.4 Å². The van der Waals surface area contributed by atoms with Crippen molar-refractivity contribution in [3.63, 3.8) is 0 Å².